The van der Waals surface area contributed by atoms with Crippen molar-refractivity contribution in [2.45, 2.75) is 32.3 Å². The van der Waals surface area contributed by atoms with Gasteiger partial charge in [0.1, 0.15) is 6.10 Å². The number of allylic oxidation sites excluding steroid dienone is 1. The van der Waals surface area contributed by atoms with Crippen molar-refractivity contribution in [2.24, 2.45) is 0 Å². The van der Waals surface area contributed by atoms with Crippen LogP contribution in [0.25, 0.3) is 0 Å². The summed E-state index contributed by atoms with van der Waals surface area (Å²) in [5.74, 6) is 0. The highest BCUT2D eigenvalue weighted by molar-refractivity contribution is 5.07. The van der Waals surface area contributed by atoms with E-state index < -0.39 is 0 Å². The van der Waals surface area contributed by atoms with Crippen molar-refractivity contribution < 1.29 is 10.1 Å². The summed E-state index contributed by atoms with van der Waals surface area (Å²) in [7, 11) is 0. The van der Waals surface area contributed by atoms with Gasteiger partial charge in [-0.25, -0.2) is 4.89 Å². The summed E-state index contributed by atoms with van der Waals surface area (Å²) in [5, 5.41) is 8.32. The molecule has 0 aromatic carbocycles. The van der Waals surface area contributed by atoms with Crippen LogP contribution in [0.5, 0.6) is 0 Å². The normalized spacial score (nSPS) is 27.8. The Hall–Kier alpha value is -0.340. The molecule has 9 heavy (non-hydrogen) atoms. The maximum atomic E-state index is 8.32. The quantitative estimate of drug-likeness (QED) is 0.332. The van der Waals surface area contributed by atoms with Crippen LogP contribution in [0.4, 0.5) is 0 Å². The van der Waals surface area contributed by atoms with Crippen LogP contribution in [0.15, 0.2) is 11.6 Å². The highest BCUT2D eigenvalue weighted by atomic mass is 17.1. The Morgan fingerprint density at radius 3 is 3.00 bits per heavy atom. The molecule has 2 nitrogen and oxygen atoms in total. The molecule has 1 N–H and O–H groups in total. The van der Waals surface area contributed by atoms with Crippen molar-refractivity contribution in [1.29, 1.82) is 0 Å². The van der Waals surface area contributed by atoms with Crippen LogP contribution in [-0.4, -0.2) is 11.4 Å². The minimum absolute atomic E-state index is 0.0289. The van der Waals surface area contributed by atoms with Crippen molar-refractivity contribution in [2.75, 3.05) is 0 Å². The third-order valence-electron chi connectivity index (χ3n) is 1.77. The molecule has 0 aromatic heterocycles. The molecule has 0 amide bonds. The second-order valence-corrected chi connectivity index (χ2v) is 2.47. The van der Waals surface area contributed by atoms with Crippen LogP contribution in [-0.2, 0) is 4.89 Å². The largest absolute Gasteiger partial charge is 0.251 e. The molecule has 0 heterocycles. The molecule has 0 aromatic rings. The fourth-order valence-corrected chi connectivity index (χ4v) is 1.13. The molecule has 1 aliphatic rings. The van der Waals surface area contributed by atoms with E-state index in [9.17, 15) is 0 Å². The molecule has 0 saturated heterocycles. The lowest BCUT2D eigenvalue weighted by Crippen LogP contribution is -2.14. The van der Waals surface area contributed by atoms with Gasteiger partial charge in [-0.05, 0) is 31.8 Å². The van der Waals surface area contributed by atoms with Gasteiger partial charge in [-0.2, -0.15) is 0 Å². The number of rotatable bonds is 1. The van der Waals surface area contributed by atoms with Gasteiger partial charge >= 0.3 is 0 Å². The molecule has 2 heteroatoms. The SMILES string of the molecule is CC1=CCCC[C@@H]1OO. The molecule has 1 aliphatic carbocycles. The Labute approximate surface area is 55.1 Å². The lowest BCUT2D eigenvalue weighted by Gasteiger charge is -2.17. The molecule has 0 fully saturated rings. The third kappa shape index (κ3) is 1.53. The van der Waals surface area contributed by atoms with Crippen LogP contribution in [0, 0.1) is 0 Å². The Morgan fingerprint density at radius 2 is 2.56 bits per heavy atom. The molecule has 1 atom stereocenters. The van der Waals surface area contributed by atoms with Crippen LogP contribution >= 0.6 is 0 Å². The Morgan fingerprint density at radius 1 is 1.78 bits per heavy atom. The first-order valence-corrected chi connectivity index (χ1v) is 3.31. The molecule has 0 unspecified atom stereocenters. The molecule has 0 saturated carbocycles. The first-order valence-electron chi connectivity index (χ1n) is 3.31. The summed E-state index contributed by atoms with van der Waals surface area (Å²) in [6.07, 6.45) is 5.30. The molecule has 0 aliphatic heterocycles. The first-order chi connectivity index (χ1) is 4.34. The van der Waals surface area contributed by atoms with Gasteiger partial charge < -0.3 is 0 Å². The van der Waals surface area contributed by atoms with Gasteiger partial charge in [0.2, 0.25) is 0 Å². The van der Waals surface area contributed by atoms with E-state index in [4.69, 9.17) is 5.26 Å². The van der Waals surface area contributed by atoms with Gasteiger partial charge in [0.15, 0.2) is 0 Å². The lowest BCUT2D eigenvalue weighted by molar-refractivity contribution is -0.270. The van der Waals surface area contributed by atoms with Crippen LogP contribution in [0.2, 0.25) is 0 Å². The summed E-state index contributed by atoms with van der Waals surface area (Å²) in [4.78, 5) is 4.24. The molecule has 52 valence electrons. The van der Waals surface area contributed by atoms with Crippen molar-refractivity contribution in [3.05, 3.63) is 11.6 Å². The molecular formula is C7H12O2. The maximum Gasteiger partial charge on any atom is 0.113 e. The summed E-state index contributed by atoms with van der Waals surface area (Å²) >= 11 is 0. The van der Waals surface area contributed by atoms with E-state index in [2.05, 4.69) is 11.0 Å². The van der Waals surface area contributed by atoms with Crippen molar-refractivity contribution in [3.8, 4) is 0 Å². The highest BCUT2D eigenvalue weighted by Gasteiger charge is 2.13. The van der Waals surface area contributed by atoms with Crippen molar-refractivity contribution >= 4 is 0 Å². The second kappa shape index (κ2) is 2.99. The van der Waals surface area contributed by atoms with Gasteiger partial charge in [0.25, 0.3) is 0 Å². The Bertz CT molecular complexity index is 118. The molecular weight excluding hydrogens is 116 g/mol. The van der Waals surface area contributed by atoms with E-state index in [1.807, 2.05) is 6.92 Å². The van der Waals surface area contributed by atoms with Crippen LogP contribution in [0.3, 0.4) is 0 Å². The summed E-state index contributed by atoms with van der Waals surface area (Å²) < 4.78 is 0. The zero-order valence-electron chi connectivity index (χ0n) is 5.63. The summed E-state index contributed by atoms with van der Waals surface area (Å²) in [5.41, 5.74) is 1.16. The predicted molar refractivity (Wildman–Crippen MR) is 35.1 cm³/mol. The van der Waals surface area contributed by atoms with Gasteiger partial charge in [0.05, 0.1) is 0 Å². The average Bonchev–Trinajstić information content (AvgIpc) is 1.89. The van der Waals surface area contributed by atoms with E-state index in [1.54, 1.807) is 0 Å². The maximum absolute atomic E-state index is 8.32. The zero-order valence-corrected chi connectivity index (χ0v) is 5.63. The third-order valence-corrected chi connectivity index (χ3v) is 1.77. The summed E-state index contributed by atoms with van der Waals surface area (Å²) in [6, 6.07) is 0. The van der Waals surface area contributed by atoms with Gasteiger partial charge in [-0.15, -0.1) is 0 Å². The molecule has 0 spiro atoms. The van der Waals surface area contributed by atoms with Gasteiger partial charge in [-0.3, -0.25) is 5.26 Å². The van der Waals surface area contributed by atoms with Crippen LogP contribution < -0.4 is 0 Å². The number of hydrogen-bond donors (Lipinski definition) is 1. The fourth-order valence-electron chi connectivity index (χ4n) is 1.13. The van der Waals surface area contributed by atoms with Crippen molar-refractivity contribution in [3.63, 3.8) is 0 Å². The first kappa shape index (κ1) is 6.78. The van der Waals surface area contributed by atoms with Crippen LogP contribution in [0.1, 0.15) is 26.2 Å². The van der Waals surface area contributed by atoms with E-state index in [0.717, 1.165) is 24.8 Å². The monoisotopic (exact) mass is 128 g/mol. The van der Waals surface area contributed by atoms with Gasteiger partial charge in [-0.1, -0.05) is 6.08 Å². The molecule has 1 rings (SSSR count). The Balaban J connectivity index is 2.50. The van der Waals surface area contributed by atoms with Crippen molar-refractivity contribution in [1.82, 2.24) is 0 Å². The van der Waals surface area contributed by atoms with Gasteiger partial charge in [0, 0.05) is 0 Å². The highest BCUT2D eigenvalue weighted by Crippen LogP contribution is 2.19. The number of hydrogen-bond acceptors (Lipinski definition) is 2. The predicted octanol–water partition coefficient (Wildman–Crippen LogP) is 1.97. The summed E-state index contributed by atoms with van der Waals surface area (Å²) in [6.45, 7) is 1.99. The zero-order chi connectivity index (χ0) is 6.69. The second-order valence-electron chi connectivity index (χ2n) is 2.47. The minimum Gasteiger partial charge on any atom is -0.251 e. The smallest absolute Gasteiger partial charge is 0.113 e. The van der Waals surface area contributed by atoms with E-state index >= 15 is 0 Å². The minimum atomic E-state index is -0.0289. The van der Waals surface area contributed by atoms with E-state index in [1.165, 1.54) is 0 Å². The topological polar surface area (TPSA) is 29.5 Å². The van der Waals surface area contributed by atoms with E-state index in [0.29, 0.717) is 0 Å². The lowest BCUT2D eigenvalue weighted by atomic mass is 9.98. The Kier molecular flexibility index (Phi) is 2.25. The average molecular weight is 128 g/mol. The van der Waals surface area contributed by atoms with E-state index in [-0.39, 0.29) is 6.10 Å². The fraction of sp³-hybridized carbons (Fsp3) is 0.714. The molecule has 0 bridgehead atoms. The molecule has 0 radical (unpaired) electrons. The standard InChI is InChI=1S/C7H12O2/c1-6-4-2-3-5-7(6)9-8/h4,7-8H,2-3,5H2,1H3/t7-/m0/s1.